The van der Waals surface area contributed by atoms with E-state index in [0.717, 1.165) is 0 Å². The van der Waals surface area contributed by atoms with Gasteiger partial charge >= 0.3 is 0 Å². The standard InChI is InChI=1S/C26H38P2/c1-5-25(6-2)17-11-19-27(25)23-16-15-21-13-9-10-14-22(21)24(23)28-20-12-18-26(28,7-3)8-4/h9-10,13-16H,5-8,11-12,17-20H2,1-4H3. The van der Waals surface area contributed by atoms with Crippen LogP contribution in [0.3, 0.4) is 0 Å². The van der Waals surface area contributed by atoms with Gasteiger partial charge < -0.3 is 0 Å². The van der Waals surface area contributed by atoms with Gasteiger partial charge in [0.2, 0.25) is 0 Å². The molecule has 0 N–H and O–H groups in total. The molecule has 0 radical (unpaired) electrons. The first-order chi connectivity index (χ1) is 13.6. The van der Waals surface area contributed by atoms with Crippen LogP contribution in [0.25, 0.3) is 10.8 Å². The van der Waals surface area contributed by atoms with Gasteiger partial charge in [-0.25, -0.2) is 0 Å². The fraction of sp³-hybridized carbons (Fsp3) is 0.615. The van der Waals surface area contributed by atoms with E-state index in [1.54, 1.807) is 5.39 Å². The van der Waals surface area contributed by atoms with E-state index in [1.165, 1.54) is 69.1 Å². The van der Waals surface area contributed by atoms with E-state index in [2.05, 4.69) is 64.1 Å². The number of hydrogen-bond acceptors (Lipinski definition) is 0. The first-order valence-electron chi connectivity index (χ1n) is 11.7. The van der Waals surface area contributed by atoms with Gasteiger partial charge in [-0.2, -0.15) is 0 Å². The highest BCUT2D eigenvalue weighted by atomic mass is 31.1. The molecule has 0 saturated carbocycles. The first kappa shape index (κ1) is 20.8. The highest BCUT2D eigenvalue weighted by molar-refractivity contribution is 7.74. The molecule has 2 heterocycles. The quantitative estimate of drug-likeness (QED) is 0.425. The summed E-state index contributed by atoms with van der Waals surface area (Å²) in [5.74, 6) is 0. The summed E-state index contributed by atoms with van der Waals surface area (Å²) in [4.78, 5) is 0. The molecule has 4 rings (SSSR count). The number of fused-ring (bicyclic) bond motifs is 1. The minimum atomic E-state index is -0.0601. The minimum absolute atomic E-state index is 0.0335. The first-order valence-corrected chi connectivity index (χ1v) is 14.8. The van der Waals surface area contributed by atoms with Gasteiger partial charge in [0.15, 0.2) is 0 Å². The molecule has 0 spiro atoms. The zero-order chi connectivity index (χ0) is 19.8. The zero-order valence-electron chi connectivity index (χ0n) is 18.4. The summed E-state index contributed by atoms with van der Waals surface area (Å²) in [6.07, 6.45) is 14.2. The van der Waals surface area contributed by atoms with Crippen LogP contribution in [-0.4, -0.2) is 22.6 Å². The molecule has 0 amide bonds. The van der Waals surface area contributed by atoms with Crippen LogP contribution in [-0.2, 0) is 0 Å². The lowest BCUT2D eigenvalue weighted by molar-refractivity contribution is 0.519. The fourth-order valence-electron chi connectivity index (χ4n) is 6.32. The van der Waals surface area contributed by atoms with E-state index in [-0.39, 0.29) is 15.8 Å². The molecule has 2 fully saturated rings. The molecular weight excluding hydrogens is 374 g/mol. The average Bonchev–Trinajstić information content (AvgIpc) is 3.37. The summed E-state index contributed by atoms with van der Waals surface area (Å²) in [5, 5.41) is 7.95. The van der Waals surface area contributed by atoms with Crippen molar-refractivity contribution >= 4 is 37.2 Å². The predicted octanol–water partition coefficient (Wildman–Crippen LogP) is 7.76. The molecule has 2 aromatic carbocycles. The van der Waals surface area contributed by atoms with E-state index in [0.29, 0.717) is 10.3 Å². The van der Waals surface area contributed by atoms with Crippen LogP contribution in [0.5, 0.6) is 0 Å². The Morgan fingerprint density at radius 2 is 1.29 bits per heavy atom. The van der Waals surface area contributed by atoms with Crippen LogP contribution in [0, 0.1) is 0 Å². The third kappa shape index (κ3) is 3.19. The molecule has 0 nitrogen and oxygen atoms in total. The smallest absolute Gasteiger partial charge is 0.00590 e. The Morgan fingerprint density at radius 1 is 0.714 bits per heavy atom. The molecule has 28 heavy (non-hydrogen) atoms. The molecule has 2 atom stereocenters. The van der Waals surface area contributed by atoms with Crippen LogP contribution in [0.1, 0.15) is 79.1 Å². The van der Waals surface area contributed by atoms with E-state index >= 15 is 0 Å². The second-order valence-corrected chi connectivity index (χ2v) is 14.5. The van der Waals surface area contributed by atoms with Crippen molar-refractivity contribution in [1.29, 1.82) is 0 Å². The molecule has 2 unspecified atom stereocenters. The lowest BCUT2D eigenvalue weighted by atomic mass is 9.97. The van der Waals surface area contributed by atoms with Gasteiger partial charge in [-0.1, -0.05) is 79.9 Å². The van der Waals surface area contributed by atoms with Crippen LogP contribution in [0.4, 0.5) is 0 Å². The molecule has 2 heteroatoms. The predicted molar refractivity (Wildman–Crippen MR) is 132 cm³/mol. The van der Waals surface area contributed by atoms with Gasteiger partial charge in [0.05, 0.1) is 0 Å². The Bertz CT molecular complexity index is 816. The van der Waals surface area contributed by atoms with Gasteiger partial charge in [-0.15, -0.1) is 0 Å². The molecule has 152 valence electrons. The van der Waals surface area contributed by atoms with Crippen molar-refractivity contribution in [3.05, 3.63) is 36.4 Å². The van der Waals surface area contributed by atoms with Crippen molar-refractivity contribution < 1.29 is 0 Å². The molecule has 0 aromatic heterocycles. The summed E-state index contributed by atoms with van der Waals surface area (Å²) < 4.78 is 0. The Labute approximate surface area is 175 Å². The average molecular weight is 413 g/mol. The molecule has 2 saturated heterocycles. The number of rotatable bonds is 6. The van der Waals surface area contributed by atoms with Crippen molar-refractivity contribution in [2.45, 2.75) is 89.4 Å². The maximum absolute atomic E-state index is 2.60. The van der Waals surface area contributed by atoms with Crippen molar-refractivity contribution in [2.75, 3.05) is 12.3 Å². The molecular formula is C26H38P2. The lowest BCUT2D eigenvalue weighted by Crippen LogP contribution is -2.36. The maximum Gasteiger partial charge on any atom is -0.00590 e. The van der Waals surface area contributed by atoms with Crippen LogP contribution in [0.15, 0.2) is 36.4 Å². The number of benzene rings is 2. The van der Waals surface area contributed by atoms with Crippen molar-refractivity contribution in [3.8, 4) is 0 Å². The third-order valence-electron chi connectivity index (χ3n) is 8.27. The molecule has 0 aliphatic carbocycles. The Balaban J connectivity index is 1.95. The van der Waals surface area contributed by atoms with Gasteiger partial charge in [-0.3, -0.25) is 0 Å². The fourth-order valence-corrected chi connectivity index (χ4v) is 14.2. The third-order valence-corrected chi connectivity index (χ3v) is 15.9. The normalized spacial score (nSPS) is 26.1. The van der Waals surface area contributed by atoms with E-state index in [1.807, 2.05) is 10.6 Å². The van der Waals surface area contributed by atoms with Gasteiger partial charge in [0.1, 0.15) is 0 Å². The topological polar surface area (TPSA) is 0 Å². The second kappa shape index (κ2) is 8.36. The minimum Gasteiger partial charge on any atom is -0.0683 e. The van der Waals surface area contributed by atoms with Gasteiger partial charge in [0, 0.05) is 0 Å². The molecule has 2 aliphatic heterocycles. The summed E-state index contributed by atoms with van der Waals surface area (Å²) in [7, 11) is -0.0935. The zero-order valence-corrected chi connectivity index (χ0v) is 20.2. The van der Waals surface area contributed by atoms with Gasteiger partial charge in [-0.05, 0) is 95.4 Å². The van der Waals surface area contributed by atoms with E-state index in [4.69, 9.17) is 0 Å². The molecule has 2 aromatic rings. The largest absolute Gasteiger partial charge is 0.0683 e. The van der Waals surface area contributed by atoms with E-state index < -0.39 is 0 Å². The summed E-state index contributed by atoms with van der Waals surface area (Å²) in [6, 6.07) is 14.4. The van der Waals surface area contributed by atoms with E-state index in [9.17, 15) is 0 Å². The molecule has 0 bridgehead atoms. The highest BCUT2D eigenvalue weighted by Crippen LogP contribution is 2.65. The maximum atomic E-state index is 2.60. The monoisotopic (exact) mass is 412 g/mol. The summed E-state index contributed by atoms with van der Waals surface area (Å²) in [5.41, 5.74) is 0. The Morgan fingerprint density at radius 3 is 1.93 bits per heavy atom. The van der Waals surface area contributed by atoms with Crippen molar-refractivity contribution in [3.63, 3.8) is 0 Å². The lowest BCUT2D eigenvalue weighted by Gasteiger charge is -2.40. The van der Waals surface area contributed by atoms with Crippen molar-refractivity contribution in [1.82, 2.24) is 0 Å². The Hall–Kier alpha value is -0.440. The van der Waals surface area contributed by atoms with Gasteiger partial charge in [0.25, 0.3) is 0 Å². The highest BCUT2D eigenvalue weighted by Gasteiger charge is 2.46. The van der Waals surface area contributed by atoms with Crippen LogP contribution in [0.2, 0.25) is 0 Å². The van der Waals surface area contributed by atoms with Crippen LogP contribution < -0.4 is 10.6 Å². The summed E-state index contributed by atoms with van der Waals surface area (Å²) in [6.45, 7) is 9.87. The molecule has 2 aliphatic rings. The second-order valence-electron chi connectivity index (χ2n) is 9.03. The summed E-state index contributed by atoms with van der Waals surface area (Å²) >= 11 is 0. The Kier molecular flexibility index (Phi) is 6.22. The number of hydrogen-bond donors (Lipinski definition) is 0. The SMILES string of the molecule is CCC1(CC)CCCP1c1ccc2ccccc2c1P1CCCC1(CC)CC. The van der Waals surface area contributed by atoms with Crippen LogP contribution >= 0.6 is 15.8 Å². The van der Waals surface area contributed by atoms with Crippen molar-refractivity contribution in [2.24, 2.45) is 0 Å².